The van der Waals surface area contributed by atoms with Crippen LogP contribution in [0.3, 0.4) is 0 Å². The molecule has 1 fully saturated rings. The van der Waals surface area contributed by atoms with Crippen molar-refractivity contribution in [2.75, 3.05) is 7.11 Å². The van der Waals surface area contributed by atoms with Crippen molar-refractivity contribution < 1.29 is 13.9 Å². The second-order valence-electron chi connectivity index (χ2n) is 6.52. The summed E-state index contributed by atoms with van der Waals surface area (Å²) in [6.45, 7) is 0.565. The molecule has 5 heteroatoms. The van der Waals surface area contributed by atoms with Gasteiger partial charge in [0.05, 0.1) is 31.0 Å². The summed E-state index contributed by atoms with van der Waals surface area (Å²) in [6.07, 6.45) is 4.37. The zero-order valence-electron chi connectivity index (χ0n) is 14.8. The minimum atomic E-state index is -0.358. The third-order valence-electron chi connectivity index (χ3n) is 4.76. The zero-order chi connectivity index (χ0) is 18.4. The molecule has 2 aromatic carbocycles. The SMILES string of the molecule is COc1ccc(-c2ccc(CO[C@H]3CCCC(N=C=S)C3)cc2)cc1F. The molecule has 0 N–H and O–H groups in total. The summed E-state index contributed by atoms with van der Waals surface area (Å²) in [6, 6.07) is 13.2. The van der Waals surface area contributed by atoms with Crippen LogP contribution < -0.4 is 4.74 Å². The van der Waals surface area contributed by atoms with Gasteiger partial charge in [-0.3, -0.25) is 0 Å². The van der Waals surface area contributed by atoms with E-state index in [0.717, 1.165) is 42.4 Å². The molecule has 1 unspecified atom stereocenters. The lowest BCUT2D eigenvalue weighted by Crippen LogP contribution is -2.24. The highest BCUT2D eigenvalue weighted by molar-refractivity contribution is 7.78. The fraction of sp³-hybridized carbons (Fsp3) is 0.381. The first-order valence-corrected chi connectivity index (χ1v) is 9.22. The standard InChI is InChI=1S/C21H22FNO2S/c1-24-21-10-9-17(11-20(21)22)16-7-5-15(6-8-16)13-25-19-4-2-3-18(12-19)23-14-26/h5-11,18-19H,2-4,12-13H2,1H3/t18?,19-/m0/s1. The number of isothiocyanates is 1. The number of rotatable bonds is 6. The van der Waals surface area contributed by atoms with Gasteiger partial charge in [-0.1, -0.05) is 30.3 Å². The number of hydrogen-bond acceptors (Lipinski definition) is 4. The van der Waals surface area contributed by atoms with Crippen LogP contribution in [0.2, 0.25) is 0 Å². The van der Waals surface area contributed by atoms with Crippen LogP contribution in [0, 0.1) is 5.82 Å². The van der Waals surface area contributed by atoms with Crippen LogP contribution in [-0.4, -0.2) is 24.4 Å². The molecule has 0 aliphatic heterocycles. The molecule has 3 rings (SSSR count). The second-order valence-corrected chi connectivity index (χ2v) is 6.70. The van der Waals surface area contributed by atoms with Crippen molar-refractivity contribution in [3.8, 4) is 16.9 Å². The van der Waals surface area contributed by atoms with Gasteiger partial charge in [-0.15, -0.1) is 0 Å². The van der Waals surface area contributed by atoms with Crippen molar-refractivity contribution in [3.05, 3.63) is 53.8 Å². The first kappa shape index (κ1) is 18.7. The Bertz CT molecular complexity index is 787. The first-order chi connectivity index (χ1) is 12.7. The summed E-state index contributed by atoms with van der Waals surface area (Å²) in [5, 5.41) is 2.48. The Morgan fingerprint density at radius 2 is 1.92 bits per heavy atom. The zero-order valence-corrected chi connectivity index (χ0v) is 15.6. The molecule has 0 saturated heterocycles. The maximum atomic E-state index is 13.9. The quantitative estimate of drug-likeness (QED) is 0.501. The molecule has 2 aromatic rings. The van der Waals surface area contributed by atoms with E-state index in [4.69, 9.17) is 21.7 Å². The van der Waals surface area contributed by atoms with Crippen LogP contribution in [0.15, 0.2) is 47.5 Å². The van der Waals surface area contributed by atoms with E-state index in [1.807, 2.05) is 30.3 Å². The van der Waals surface area contributed by atoms with Crippen molar-refractivity contribution >= 4 is 17.4 Å². The van der Waals surface area contributed by atoms with E-state index in [1.54, 1.807) is 6.07 Å². The molecule has 136 valence electrons. The molecule has 0 heterocycles. The van der Waals surface area contributed by atoms with Crippen molar-refractivity contribution in [3.63, 3.8) is 0 Å². The van der Waals surface area contributed by atoms with Crippen molar-refractivity contribution in [2.24, 2.45) is 4.99 Å². The number of methoxy groups -OCH3 is 1. The lowest BCUT2D eigenvalue weighted by atomic mass is 9.93. The van der Waals surface area contributed by atoms with E-state index in [-0.39, 0.29) is 23.7 Å². The van der Waals surface area contributed by atoms with E-state index in [0.29, 0.717) is 6.61 Å². The summed E-state index contributed by atoms with van der Waals surface area (Å²) >= 11 is 4.70. The third-order valence-corrected chi connectivity index (χ3v) is 4.86. The minimum Gasteiger partial charge on any atom is -0.494 e. The molecular formula is C21H22FNO2S. The van der Waals surface area contributed by atoms with E-state index >= 15 is 0 Å². The van der Waals surface area contributed by atoms with Gasteiger partial charge in [0, 0.05) is 0 Å². The predicted octanol–water partition coefficient (Wildman–Crippen LogP) is 5.43. The van der Waals surface area contributed by atoms with Gasteiger partial charge in [0.15, 0.2) is 11.6 Å². The van der Waals surface area contributed by atoms with Crippen LogP contribution in [-0.2, 0) is 11.3 Å². The van der Waals surface area contributed by atoms with Gasteiger partial charge in [0.2, 0.25) is 0 Å². The Morgan fingerprint density at radius 3 is 2.62 bits per heavy atom. The number of nitrogens with zero attached hydrogens (tertiary/aromatic N) is 1. The lowest BCUT2D eigenvalue weighted by molar-refractivity contribution is 0.0125. The fourth-order valence-electron chi connectivity index (χ4n) is 3.32. The monoisotopic (exact) mass is 371 g/mol. The summed E-state index contributed by atoms with van der Waals surface area (Å²) in [7, 11) is 1.46. The highest BCUT2D eigenvalue weighted by atomic mass is 32.1. The van der Waals surface area contributed by atoms with Crippen LogP contribution in [0.25, 0.3) is 11.1 Å². The number of thiocarbonyl (C=S) groups is 1. The predicted molar refractivity (Wildman–Crippen MR) is 104 cm³/mol. The average Bonchev–Trinajstić information content (AvgIpc) is 2.67. The Labute approximate surface area is 158 Å². The van der Waals surface area contributed by atoms with Crippen LogP contribution in [0.4, 0.5) is 4.39 Å². The number of benzene rings is 2. The normalized spacial score (nSPS) is 19.6. The van der Waals surface area contributed by atoms with Crippen LogP contribution >= 0.6 is 12.2 Å². The first-order valence-electron chi connectivity index (χ1n) is 8.81. The molecular weight excluding hydrogens is 349 g/mol. The molecule has 26 heavy (non-hydrogen) atoms. The third kappa shape index (κ3) is 4.76. The Hall–Kier alpha value is -2.07. The van der Waals surface area contributed by atoms with Gasteiger partial charge >= 0.3 is 0 Å². The minimum absolute atomic E-state index is 0.219. The molecule has 1 aliphatic rings. The molecule has 3 nitrogen and oxygen atoms in total. The van der Waals surface area contributed by atoms with Gasteiger partial charge in [-0.2, -0.15) is 0 Å². The van der Waals surface area contributed by atoms with Crippen LogP contribution in [0.1, 0.15) is 31.2 Å². The highest BCUT2D eigenvalue weighted by Gasteiger charge is 2.21. The maximum Gasteiger partial charge on any atom is 0.165 e. The van der Waals surface area contributed by atoms with Gasteiger partial charge in [0.25, 0.3) is 0 Å². The highest BCUT2D eigenvalue weighted by Crippen LogP contribution is 2.27. The van der Waals surface area contributed by atoms with E-state index in [9.17, 15) is 4.39 Å². The molecule has 0 amide bonds. The second kappa shape index (κ2) is 9.04. The Balaban J connectivity index is 1.59. The Morgan fingerprint density at radius 1 is 1.15 bits per heavy atom. The van der Waals surface area contributed by atoms with Gasteiger partial charge in [-0.25, -0.2) is 9.38 Å². The maximum absolute atomic E-state index is 13.9. The molecule has 0 aromatic heterocycles. The fourth-order valence-corrected chi connectivity index (χ4v) is 3.47. The largest absolute Gasteiger partial charge is 0.494 e. The lowest BCUT2D eigenvalue weighted by Gasteiger charge is -2.26. The van der Waals surface area contributed by atoms with E-state index < -0.39 is 0 Å². The van der Waals surface area contributed by atoms with E-state index in [2.05, 4.69) is 10.2 Å². The molecule has 0 radical (unpaired) electrons. The van der Waals surface area contributed by atoms with Gasteiger partial charge < -0.3 is 9.47 Å². The summed E-state index contributed by atoms with van der Waals surface area (Å²) in [4.78, 5) is 4.20. The number of ether oxygens (including phenoxy) is 2. The topological polar surface area (TPSA) is 30.8 Å². The van der Waals surface area contributed by atoms with Gasteiger partial charge in [0.1, 0.15) is 0 Å². The summed E-state index contributed by atoms with van der Waals surface area (Å²) < 4.78 is 24.9. The Kier molecular flexibility index (Phi) is 6.51. The number of halogens is 1. The van der Waals surface area contributed by atoms with Crippen LogP contribution in [0.5, 0.6) is 5.75 Å². The number of aliphatic imine (C=N–C) groups is 1. The van der Waals surface area contributed by atoms with Crippen molar-refractivity contribution in [1.29, 1.82) is 0 Å². The molecule has 1 aliphatic carbocycles. The molecule has 0 spiro atoms. The van der Waals surface area contributed by atoms with Crippen molar-refractivity contribution in [1.82, 2.24) is 0 Å². The molecule has 2 atom stereocenters. The summed E-state index contributed by atoms with van der Waals surface area (Å²) in [5.41, 5.74) is 2.88. The van der Waals surface area contributed by atoms with Crippen molar-refractivity contribution in [2.45, 2.75) is 44.4 Å². The molecule has 0 bridgehead atoms. The molecule has 1 saturated carbocycles. The number of hydrogen-bond donors (Lipinski definition) is 0. The van der Waals surface area contributed by atoms with E-state index in [1.165, 1.54) is 13.2 Å². The smallest absolute Gasteiger partial charge is 0.165 e. The summed E-state index contributed by atoms with van der Waals surface area (Å²) in [5.74, 6) is -0.106. The van der Waals surface area contributed by atoms with Gasteiger partial charge in [-0.05, 0) is 66.7 Å². The average molecular weight is 371 g/mol.